The molecule has 2 aromatic carbocycles. The van der Waals surface area contributed by atoms with E-state index in [0.717, 1.165) is 5.56 Å². The van der Waals surface area contributed by atoms with Crippen LogP contribution in [-0.2, 0) is 29.0 Å². The second-order valence-electron chi connectivity index (χ2n) is 14.7. The molecule has 3 heterocycles. The van der Waals surface area contributed by atoms with Crippen LogP contribution in [-0.4, -0.2) is 104 Å². The maximum Gasteiger partial charge on any atom is 0.340 e. The Bertz CT molecular complexity index is 1720. The van der Waals surface area contributed by atoms with E-state index in [2.05, 4.69) is 16.5 Å². The first-order valence-electron chi connectivity index (χ1n) is 16.6. The fourth-order valence-electron chi connectivity index (χ4n) is 11.7. The molecule has 254 valence electrons. The van der Waals surface area contributed by atoms with Gasteiger partial charge in [0.1, 0.15) is 16.8 Å². The average molecular weight is 669 g/mol. The Kier molecular flexibility index (Phi) is 6.89. The number of nitrogens with zero attached hydrogens (tertiary/aromatic N) is 1. The normalized spacial score (nSPS) is 45.6. The van der Waals surface area contributed by atoms with Crippen LogP contribution in [0.15, 0.2) is 53.4 Å². The number of sulfonamides is 1. The molecule has 0 amide bonds. The number of methoxy groups -OCH3 is 3. The van der Waals surface area contributed by atoms with Crippen molar-refractivity contribution in [1.29, 1.82) is 0 Å². The summed E-state index contributed by atoms with van der Waals surface area (Å²) in [5, 5.41) is 25.5. The summed E-state index contributed by atoms with van der Waals surface area (Å²) in [4.78, 5) is 16.7. The number of piperidine rings is 2. The molecule has 3 saturated heterocycles. The van der Waals surface area contributed by atoms with E-state index in [1.165, 1.54) is 12.1 Å². The number of hydrogen-bond acceptors (Lipinski definition) is 10. The van der Waals surface area contributed by atoms with Gasteiger partial charge in [-0.25, -0.2) is 13.2 Å². The number of aryl methyl sites for hydroxylation is 1. The molecule has 6 unspecified atom stereocenters. The van der Waals surface area contributed by atoms with Gasteiger partial charge >= 0.3 is 5.97 Å². The number of fused-ring (bicyclic) bond motifs is 2. The molecule has 12 heteroatoms. The van der Waals surface area contributed by atoms with E-state index < -0.39 is 56.4 Å². The van der Waals surface area contributed by atoms with Crippen molar-refractivity contribution in [3.63, 3.8) is 0 Å². The summed E-state index contributed by atoms with van der Waals surface area (Å²) in [5.74, 6) is -1.39. The maximum absolute atomic E-state index is 14.3. The maximum atomic E-state index is 14.3. The first-order valence-corrected chi connectivity index (χ1v) is 18.1. The van der Waals surface area contributed by atoms with Crippen LogP contribution < -0.4 is 4.72 Å². The van der Waals surface area contributed by atoms with Crippen LogP contribution in [0.3, 0.4) is 0 Å². The Hall–Kier alpha value is -2.58. The smallest absolute Gasteiger partial charge is 0.340 e. The van der Waals surface area contributed by atoms with Gasteiger partial charge in [0.2, 0.25) is 0 Å². The van der Waals surface area contributed by atoms with Gasteiger partial charge in [-0.1, -0.05) is 29.8 Å². The third-order valence-electron chi connectivity index (χ3n) is 13.3. The lowest BCUT2D eigenvalue weighted by atomic mass is 9.56. The standard InChI is InChI=1S/C35H44N2O9S/c1-19-10-12-21(13-11-19)47(41,42)36-24-9-7-6-8-22(24)31(38)46-32-15-14-29(44-4)34-26(32)17-28(37(34)20(32)2)33(39)18-25(43-3)23-16-27(34)35(33,40)30(23)45-5/h6-13,20,23,25-30,36,39-40H,14-18H2,1-5H3/t20-,23+,25-,26?,27?,28?,29-,30-,32?,33-,34?,35-/m0/s1. The van der Waals surface area contributed by atoms with Gasteiger partial charge < -0.3 is 29.2 Å². The topological polar surface area (TPSA) is 144 Å². The molecular weight excluding hydrogens is 624 g/mol. The van der Waals surface area contributed by atoms with Crippen molar-refractivity contribution in [3.8, 4) is 0 Å². The molecule has 8 rings (SSSR count). The first kappa shape index (κ1) is 31.7. The highest BCUT2D eigenvalue weighted by molar-refractivity contribution is 7.92. The van der Waals surface area contributed by atoms with Crippen molar-refractivity contribution in [3.05, 3.63) is 59.7 Å². The van der Waals surface area contributed by atoms with Gasteiger partial charge in [-0.2, -0.15) is 0 Å². The minimum atomic E-state index is -3.98. The molecule has 11 nitrogen and oxygen atoms in total. The zero-order chi connectivity index (χ0) is 33.3. The summed E-state index contributed by atoms with van der Waals surface area (Å²) < 4.78 is 54.1. The van der Waals surface area contributed by atoms with Crippen LogP contribution in [0.1, 0.15) is 54.9 Å². The molecule has 3 saturated carbocycles. The summed E-state index contributed by atoms with van der Waals surface area (Å²) in [7, 11) is 0.966. The Balaban J connectivity index is 1.18. The van der Waals surface area contributed by atoms with Crippen LogP contribution in [0.5, 0.6) is 0 Å². The number of benzene rings is 2. The molecule has 0 aromatic heterocycles. The number of nitrogens with one attached hydrogen (secondary N) is 1. The molecule has 6 fully saturated rings. The fourth-order valence-corrected chi connectivity index (χ4v) is 12.8. The Morgan fingerprint density at radius 3 is 2.38 bits per heavy atom. The van der Waals surface area contributed by atoms with Crippen molar-refractivity contribution in [2.24, 2.45) is 17.8 Å². The van der Waals surface area contributed by atoms with E-state index in [9.17, 15) is 23.4 Å². The average Bonchev–Trinajstić information content (AvgIpc) is 3.57. The van der Waals surface area contributed by atoms with Crippen LogP contribution >= 0.6 is 0 Å². The molecule has 3 aliphatic heterocycles. The van der Waals surface area contributed by atoms with E-state index in [1.54, 1.807) is 57.7 Å². The predicted octanol–water partition coefficient (Wildman–Crippen LogP) is 2.88. The molecule has 6 aliphatic rings. The van der Waals surface area contributed by atoms with Gasteiger partial charge in [0.25, 0.3) is 10.0 Å². The number of para-hydroxylation sites is 1. The third kappa shape index (κ3) is 3.67. The third-order valence-corrected chi connectivity index (χ3v) is 14.7. The summed E-state index contributed by atoms with van der Waals surface area (Å²) >= 11 is 0. The highest BCUT2D eigenvalue weighted by atomic mass is 32.2. The first-order chi connectivity index (χ1) is 22.3. The lowest BCUT2D eigenvalue weighted by Gasteiger charge is -2.64. The number of esters is 1. The molecule has 7 bridgehead atoms. The number of carbonyl (C=O) groups is 1. The molecule has 3 N–H and O–H groups in total. The zero-order valence-corrected chi connectivity index (χ0v) is 28.2. The van der Waals surface area contributed by atoms with Gasteiger partial charge in [0.05, 0.1) is 40.0 Å². The minimum Gasteiger partial charge on any atom is -0.453 e. The molecule has 0 radical (unpaired) electrons. The number of ether oxygens (including phenoxy) is 4. The predicted molar refractivity (Wildman–Crippen MR) is 170 cm³/mol. The Morgan fingerprint density at radius 2 is 1.70 bits per heavy atom. The van der Waals surface area contributed by atoms with Crippen molar-refractivity contribution >= 4 is 21.7 Å². The highest BCUT2D eigenvalue weighted by Crippen LogP contribution is 2.77. The number of aliphatic hydroxyl groups is 2. The molecule has 3 aliphatic carbocycles. The second-order valence-corrected chi connectivity index (χ2v) is 16.4. The molecule has 1 spiro atoms. The molecule has 2 aromatic rings. The van der Waals surface area contributed by atoms with E-state index in [4.69, 9.17) is 18.9 Å². The van der Waals surface area contributed by atoms with Gasteiger partial charge in [0, 0.05) is 57.6 Å². The van der Waals surface area contributed by atoms with Crippen molar-refractivity contribution in [2.75, 3.05) is 26.1 Å². The SMILES string of the molecule is CO[C@H]1C[C@]2(O)C3CC4C5(OC(=O)c6ccccc6NS(=O)(=O)c6ccc(C)cc6)CC[C@H](OC)C4(C4C[C@H]1[C@H](OC)[C@@]42O)N3[C@H]5C. The van der Waals surface area contributed by atoms with Gasteiger partial charge in [-0.05, 0) is 63.8 Å². The molecule has 13 atom stereocenters. The zero-order valence-electron chi connectivity index (χ0n) is 27.4. The number of carbonyl (C=O) groups excluding carboxylic acids is 1. The van der Waals surface area contributed by atoms with Crippen LogP contribution in [0.25, 0.3) is 0 Å². The van der Waals surface area contributed by atoms with Crippen LogP contribution in [0.4, 0.5) is 5.69 Å². The number of rotatable bonds is 8. The van der Waals surface area contributed by atoms with Crippen LogP contribution in [0, 0.1) is 24.7 Å². The summed E-state index contributed by atoms with van der Waals surface area (Å²) in [6.07, 6.45) is 1.35. The Morgan fingerprint density at radius 1 is 0.979 bits per heavy atom. The van der Waals surface area contributed by atoms with Gasteiger partial charge in [0.15, 0.2) is 0 Å². The quantitative estimate of drug-likeness (QED) is 0.360. The Labute approximate surface area is 275 Å². The van der Waals surface area contributed by atoms with E-state index >= 15 is 0 Å². The molecular formula is C35H44N2O9S. The lowest BCUT2D eigenvalue weighted by Crippen LogP contribution is -2.82. The monoisotopic (exact) mass is 668 g/mol. The van der Waals surface area contributed by atoms with Crippen LogP contribution in [0.2, 0.25) is 0 Å². The lowest BCUT2D eigenvalue weighted by molar-refractivity contribution is -0.314. The largest absolute Gasteiger partial charge is 0.453 e. The van der Waals surface area contributed by atoms with E-state index in [0.29, 0.717) is 25.7 Å². The number of anilines is 1. The molecule has 47 heavy (non-hydrogen) atoms. The van der Waals surface area contributed by atoms with E-state index in [-0.39, 0.29) is 52.7 Å². The summed E-state index contributed by atoms with van der Waals surface area (Å²) in [6.45, 7) is 3.93. The minimum absolute atomic E-state index is 0.0906. The highest BCUT2D eigenvalue weighted by Gasteiger charge is 2.91. The fraction of sp³-hybridized carbons (Fsp3) is 0.629. The number of hydrogen-bond donors (Lipinski definition) is 3. The summed E-state index contributed by atoms with van der Waals surface area (Å²) in [6, 6.07) is 12.3. The summed E-state index contributed by atoms with van der Waals surface area (Å²) in [5.41, 5.74) is -3.51. The van der Waals surface area contributed by atoms with Crippen molar-refractivity contribution in [1.82, 2.24) is 4.90 Å². The van der Waals surface area contributed by atoms with E-state index in [1.807, 2.05) is 6.92 Å². The van der Waals surface area contributed by atoms with Crippen molar-refractivity contribution < 1.29 is 42.4 Å². The van der Waals surface area contributed by atoms with Gasteiger partial charge in [-0.3, -0.25) is 9.62 Å². The second kappa shape index (κ2) is 10.2. The van der Waals surface area contributed by atoms with Gasteiger partial charge in [-0.15, -0.1) is 0 Å². The van der Waals surface area contributed by atoms with Crippen molar-refractivity contribution in [2.45, 2.75) is 104 Å².